The lowest BCUT2D eigenvalue weighted by Gasteiger charge is -2.29. The number of sulfonamides is 1. The summed E-state index contributed by atoms with van der Waals surface area (Å²) < 4.78 is 26.3. The summed E-state index contributed by atoms with van der Waals surface area (Å²) in [6, 6.07) is 16.4. The monoisotopic (exact) mass is 372 g/mol. The van der Waals surface area contributed by atoms with Crippen LogP contribution in [0, 0.1) is 0 Å². The van der Waals surface area contributed by atoms with Crippen LogP contribution in [0.15, 0.2) is 59.5 Å². The van der Waals surface area contributed by atoms with E-state index in [0.717, 1.165) is 25.1 Å². The van der Waals surface area contributed by atoms with Crippen molar-refractivity contribution in [2.45, 2.75) is 30.6 Å². The normalized spacial score (nSPS) is 14.3. The molecule has 0 aromatic heterocycles. The average Bonchev–Trinajstić information content (AvgIpc) is 2.68. The van der Waals surface area contributed by atoms with E-state index in [1.54, 1.807) is 37.4 Å². The van der Waals surface area contributed by atoms with Crippen molar-refractivity contribution in [3.63, 3.8) is 0 Å². The molecule has 2 aromatic rings. The van der Waals surface area contributed by atoms with Crippen LogP contribution in [0.4, 0.5) is 5.69 Å². The van der Waals surface area contributed by atoms with E-state index in [4.69, 9.17) is 0 Å². The molecule has 1 amide bonds. The third kappa shape index (κ3) is 3.97. The fourth-order valence-electron chi connectivity index (χ4n) is 3.27. The number of hydrogen-bond donors (Lipinski definition) is 0. The number of aryl methyl sites for hydroxylation is 1. The Balaban J connectivity index is 1.58. The van der Waals surface area contributed by atoms with Crippen LogP contribution in [-0.4, -0.2) is 38.8 Å². The quantitative estimate of drug-likeness (QED) is 0.783. The Morgan fingerprint density at radius 3 is 2.54 bits per heavy atom. The molecule has 1 aliphatic rings. The molecule has 0 spiro atoms. The summed E-state index contributed by atoms with van der Waals surface area (Å²) in [6.45, 7) is 1.05. The first-order valence-electron chi connectivity index (χ1n) is 8.90. The average molecular weight is 372 g/mol. The summed E-state index contributed by atoms with van der Waals surface area (Å²) in [4.78, 5) is 14.7. The van der Waals surface area contributed by atoms with E-state index in [-0.39, 0.29) is 10.8 Å². The molecule has 0 radical (unpaired) electrons. The zero-order valence-corrected chi connectivity index (χ0v) is 15.8. The van der Waals surface area contributed by atoms with Gasteiger partial charge in [0, 0.05) is 32.2 Å². The van der Waals surface area contributed by atoms with Crippen LogP contribution >= 0.6 is 0 Å². The number of hydrogen-bond acceptors (Lipinski definition) is 3. The summed E-state index contributed by atoms with van der Waals surface area (Å²) in [5.41, 5.74) is 2.20. The van der Waals surface area contributed by atoms with Crippen molar-refractivity contribution in [1.29, 1.82) is 0 Å². The maximum absolute atomic E-state index is 12.6. The number of anilines is 1. The van der Waals surface area contributed by atoms with Gasteiger partial charge < -0.3 is 4.90 Å². The van der Waals surface area contributed by atoms with Crippen LogP contribution < -0.4 is 4.90 Å². The Kier molecular flexibility index (Phi) is 5.74. The summed E-state index contributed by atoms with van der Waals surface area (Å²) >= 11 is 0. The fraction of sp³-hybridized carbons (Fsp3) is 0.350. The number of rotatable bonds is 6. The number of nitrogens with zero attached hydrogens (tertiary/aromatic N) is 2. The molecule has 0 saturated carbocycles. The maximum Gasteiger partial charge on any atom is 0.242 e. The highest BCUT2D eigenvalue weighted by atomic mass is 32.2. The summed E-state index contributed by atoms with van der Waals surface area (Å²) in [5.74, 6) is 0.0580. The number of benzene rings is 2. The molecule has 138 valence electrons. The molecular formula is C20H24N2O3S. The maximum atomic E-state index is 12.6. The van der Waals surface area contributed by atoms with Crippen LogP contribution in [0.25, 0.3) is 0 Å². The Bertz CT molecular complexity index is 866. The van der Waals surface area contributed by atoms with Gasteiger partial charge in [-0.15, -0.1) is 0 Å². The molecule has 0 aliphatic carbocycles. The van der Waals surface area contributed by atoms with Crippen LogP contribution in [-0.2, 0) is 21.2 Å². The lowest BCUT2D eigenvalue weighted by molar-refractivity contribution is -0.118. The molecule has 0 fully saturated rings. The highest BCUT2D eigenvalue weighted by Crippen LogP contribution is 2.27. The zero-order valence-electron chi connectivity index (χ0n) is 15.0. The van der Waals surface area contributed by atoms with Crippen molar-refractivity contribution in [3.05, 3.63) is 60.2 Å². The van der Waals surface area contributed by atoms with Crippen molar-refractivity contribution in [2.24, 2.45) is 0 Å². The second-order valence-electron chi connectivity index (χ2n) is 6.52. The van der Waals surface area contributed by atoms with E-state index in [9.17, 15) is 13.2 Å². The minimum atomic E-state index is -3.50. The summed E-state index contributed by atoms with van der Waals surface area (Å²) in [5, 5.41) is 0. The van der Waals surface area contributed by atoms with E-state index in [1.807, 2.05) is 23.1 Å². The van der Waals surface area contributed by atoms with Gasteiger partial charge >= 0.3 is 0 Å². The number of amides is 1. The van der Waals surface area contributed by atoms with Crippen molar-refractivity contribution in [3.8, 4) is 0 Å². The molecule has 1 aliphatic heterocycles. The van der Waals surface area contributed by atoms with Crippen molar-refractivity contribution in [1.82, 2.24) is 4.31 Å². The first-order chi connectivity index (χ1) is 12.5. The van der Waals surface area contributed by atoms with Crippen LogP contribution in [0.5, 0.6) is 0 Å². The third-order valence-corrected chi connectivity index (χ3v) is 6.60. The van der Waals surface area contributed by atoms with Gasteiger partial charge in [-0.1, -0.05) is 36.4 Å². The second-order valence-corrected chi connectivity index (χ2v) is 8.57. The molecule has 1 heterocycles. The fourth-order valence-corrected chi connectivity index (χ4v) is 4.50. The first kappa shape index (κ1) is 18.6. The molecular weight excluding hydrogens is 348 g/mol. The van der Waals surface area contributed by atoms with E-state index in [1.165, 1.54) is 9.87 Å². The Hall–Kier alpha value is -2.18. The smallest absolute Gasteiger partial charge is 0.242 e. The molecule has 2 aromatic carbocycles. The number of para-hydroxylation sites is 1. The minimum Gasteiger partial charge on any atom is -0.312 e. The van der Waals surface area contributed by atoms with E-state index >= 15 is 0 Å². The lowest BCUT2D eigenvalue weighted by atomic mass is 10.0. The van der Waals surface area contributed by atoms with Gasteiger partial charge in [0.15, 0.2) is 0 Å². The molecule has 0 unspecified atom stereocenters. The molecule has 6 heteroatoms. The van der Waals surface area contributed by atoms with Gasteiger partial charge in [-0.2, -0.15) is 0 Å². The van der Waals surface area contributed by atoms with Gasteiger partial charge in [0.05, 0.1) is 4.90 Å². The van der Waals surface area contributed by atoms with E-state index < -0.39 is 10.0 Å². The molecule has 0 atom stereocenters. The predicted molar refractivity (Wildman–Crippen MR) is 103 cm³/mol. The van der Waals surface area contributed by atoms with Crippen molar-refractivity contribution >= 4 is 21.6 Å². The van der Waals surface area contributed by atoms with Crippen molar-refractivity contribution in [2.75, 3.05) is 25.0 Å². The Morgan fingerprint density at radius 2 is 1.77 bits per heavy atom. The largest absolute Gasteiger partial charge is 0.312 e. The number of carbonyl (C=O) groups is 1. The van der Waals surface area contributed by atoms with Gasteiger partial charge in [-0.05, 0) is 43.0 Å². The number of carbonyl (C=O) groups excluding carboxylic acids is 1. The van der Waals surface area contributed by atoms with Crippen LogP contribution in [0.2, 0.25) is 0 Å². The second kappa shape index (κ2) is 8.01. The highest BCUT2D eigenvalue weighted by Gasteiger charge is 2.23. The molecule has 26 heavy (non-hydrogen) atoms. The van der Waals surface area contributed by atoms with Gasteiger partial charge in [-0.3, -0.25) is 4.79 Å². The predicted octanol–water partition coefficient (Wildman–Crippen LogP) is 3.07. The third-order valence-electron chi connectivity index (χ3n) is 4.73. The van der Waals surface area contributed by atoms with Crippen LogP contribution in [0.3, 0.4) is 0 Å². The summed E-state index contributed by atoms with van der Waals surface area (Å²) in [6.07, 6.45) is 2.80. The standard InChI is InChI=1S/C20H24N2O3S/c1-21(26(24,25)18-11-3-2-4-12-18)15-8-14-20(23)22-16-7-10-17-9-5-6-13-19(17)22/h2-6,9,11-13H,7-8,10,14-16H2,1H3. The minimum absolute atomic E-state index is 0.0580. The zero-order chi connectivity index (χ0) is 18.6. The molecule has 0 saturated heterocycles. The van der Waals surface area contributed by atoms with Gasteiger partial charge in [0.1, 0.15) is 0 Å². The number of fused-ring (bicyclic) bond motifs is 1. The Morgan fingerprint density at radius 1 is 1.08 bits per heavy atom. The van der Waals surface area contributed by atoms with Gasteiger partial charge in [0.2, 0.25) is 15.9 Å². The SMILES string of the molecule is CN(CCCC(=O)N1CCCc2ccccc21)S(=O)(=O)c1ccccc1. The van der Waals surface area contributed by atoms with E-state index in [0.29, 0.717) is 19.4 Å². The Labute approximate surface area is 155 Å². The summed E-state index contributed by atoms with van der Waals surface area (Å²) in [7, 11) is -1.94. The van der Waals surface area contributed by atoms with E-state index in [2.05, 4.69) is 6.07 Å². The van der Waals surface area contributed by atoms with Gasteiger partial charge in [-0.25, -0.2) is 12.7 Å². The molecule has 3 rings (SSSR count). The van der Waals surface area contributed by atoms with Gasteiger partial charge in [0.25, 0.3) is 0 Å². The molecule has 0 bridgehead atoms. The first-order valence-corrected chi connectivity index (χ1v) is 10.3. The lowest BCUT2D eigenvalue weighted by Crippen LogP contribution is -2.36. The topological polar surface area (TPSA) is 57.7 Å². The van der Waals surface area contributed by atoms with Crippen LogP contribution in [0.1, 0.15) is 24.8 Å². The molecule has 0 N–H and O–H groups in total. The van der Waals surface area contributed by atoms with Crippen molar-refractivity contribution < 1.29 is 13.2 Å². The highest BCUT2D eigenvalue weighted by molar-refractivity contribution is 7.89. The molecule has 5 nitrogen and oxygen atoms in total.